The Morgan fingerprint density at radius 3 is 2.69 bits per heavy atom. The molecule has 1 aromatic carbocycles. The van der Waals surface area contributed by atoms with Gasteiger partial charge < -0.3 is 5.73 Å². The van der Waals surface area contributed by atoms with Crippen LogP contribution in [0.15, 0.2) is 6.07 Å². The summed E-state index contributed by atoms with van der Waals surface area (Å²) in [5.41, 5.74) is 7.74. The molecule has 0 bridgehead atoms. The molecule has 13 heavy (non-hydrogen) atoms. The van der Waals surface area contributed by atoms with Crippen molar-refractivity contribution < 1.29 is 0 Å². The summed E-state index contributed by atoms with van der Waals surface area (Å²) in [6, 6.07) is 4.79. The van der Waals surface area contributed by atoms with Crippen LogP contribution in [-0.2, 0) is 6.54 Å². The Morgan fingerprint density at radius 2 is 2.15 bits per heavy atom. The lowest BCUT2D eigenvalue weighted by atomic mass is 10.0. The van der Waals surface area contributed by atoms with E-state index in [1.165, 1.54) is 12.8 Å². The van der Waals surface area contributed by atoms with Crippen molar-refractivity contribution in [1.82, 2.24) is 0 Å². The van der Waals surface area contributed by atoms with Crippen LogP contribution in [0.1, 0.15) is 29.9 Å². The van der Waals surface area contributed by atoms with Crippen LogP contribution in [0, 0.1) is 6.07 Å². The second-order valence-electron chi connectivity index (χ2n) is 3.34. The van der Waals surface area contributed by atoms with Crippen LogP contribution < -0.4 is 5.73 Å². The monoisotopic (exact) mass is 214 g/mol. The molecule has 0 amide bonds. The van der Waals surface area contributed by atoms with Crippen molar-refractivity contribution in [3.05, 3.63) is 33.3 Å². The van der Waals surface area contributed by atoms with Gasteiger partial charge in [-0.05, 0) is 36.0 Å². The topological polar surface area (TPSA) is 26.0 Å². The van der Waals surface area contributed by atoms with Gasteiger partial charge in [0, 0.05) is 17.6 Å². The smallest absolute Gasteiger partial charge is 0.0503 e. The van der Waals surface area contributed by atoms with Gasteiger partial charge in [0.2, 0.25) is 0 Å². The second kappa shape index (κ2) is 3.49. The van der Waals surface area contributed by atoms with E-state index in [1.54, 1.807) is 6.07 Å². The van der Waals surface area contributed by atoms with Crippen molar-refractivity contribution in [3.8, 4) is 0 Å². The van der Waals surface area contributed by atoms with Crippen LogP contribution in [-0.4, -0.2) is 0 Å². The minimum Gasteiger partial charge on any atom is -0.326 e. The van der Waals surface area contributed by atoms with Gasteiger partial charge in [-0.1, -0.05) is 23.2 Å². The lowest BCUT2D eigenvalue weighted by molar-refractivity contribution is 0.994. The van der Waals surface area contributed by atoms with Crippen LogP contribution in [0.4, 0.5) is 0 Å². The number of rotatable bonds is 2. The lowest BCUT2D eigenvalue weighted by Crippen LogP contribution is -2.01. The zero-order valence-electron chi connectivity index (χ0n) is 7.11. The molecule has 1 aromatic rings. The predicted molar refractivity (Wildman–Crippen MR) is 55.2 cm³/mol. The summed E-state index contributed by atoms with van der Waals surface area (Å²) in [6.45, 7) is 0.464. The normalized spacial score (nSPS) is 16.2. The quantitative estimate of drug-likeness (QED) is 0.805. The van der Waals surface area contributed by atoms with Gasteiger partial charge in [-0.25, -0.2) is 0 Å². The zero-order chi connectivity index (χ0) is 9.42. The van der Waals surface area contributed by atoms with Crippen molar-refractivity contribution in [1.29, 1.82) is 0 Å². The Bertz CT molecular complexity index is 332. The molecular weight excluding hydrogens is 205 g/mol. The summed E-state index contributed by atoms with van der Waals surface area (Å²) in [5, 5.41) is 1.29. The molecular formula is C10H10Cl2N. The van der Waals surface area contributed by atoms with Gasteiger partial charge in [-0.3, -0.25) is 0 Å². The molecule has 1 saturated carbocycles. The van der Waals surface area contributed by atoms with Crippen molar-refractivity contribution in [2.45, 2.75) is 25.3 Å². The molecule has 0 aliphatic heterocycles. The molecule has 0 heterocycles. The number of hydrogen-bond acceptors (Lipinski definition) is 1. The number of hydrogen-bond donors (Lipinski definition) is 1. The molecule has 1 aliphatic rings. The minimum atomic E-state index is 0.464. The molecule has 1 aliphatic carbocycles. The van der Waals surface area contributed by atoms with E-state index in [-0.39, 0.29) is 0 Å². The third-order valence-corrected chi connectivity index (χ3v) is 2.81. The van der Waals surface area contributed by atoms with E-state index < -0.39 is 0 Å². The maximum atomic E-state index is 6.09. The highest BCUT2D eigenvalue weighted by atomic mass is 35.5. The highest BCUT2D eigenvalue weighted by molar-refractivity contribution is 6.35. The van der Waals surface area contributed by atoms with E-state index in [0.29, 0.717) is 17.5 Å². The van der Waals surface area contributed by atoms with Gasteiger partial charge in [0.1, 0.15) is 0 Å². The van der Waals surface area contributed by atoms with Crippen molar-refractivity contribution >= 4 is 23.2 Å². The third-order valence-electron chi connectivity index (χ3n) is 2.30. The van der Waals surface area contributed by atoms with Gasteiger partial charge in [0.25, 0.3) is 0 Å². The van der Waals surface area contributed by atoms with Gasteiger partial charge in [0.05, 0.1) is 5.02 Å². The molecule has 0 aromatic heterocycles. The fraction of sp³-hybridized carbons (Fsp3) is 0.400. The molecule has 69 valence electrons. The summed E-state index contributed by atoms with van der Waals surface area (Å²) >= 11 is 11.9. The largest absolute Gasteiger partial charge is 0.326 e. The van der Waals surface area contributed by atoms with Crippen LogP contribution in [0.5, 0.6) is 0 Å². The third kappa shape index (κ3) is 1.83. The van der Waals surface area contributed by atoms with E-state index in [0.717, 1.165) is 16.1 Å². The van der Waals surface area contributed by atoms with E-state index in [2.05, 4.69) is 6.07 Å². The Balaban J connectivity index is 2.50. The number of nitrogens with two attached hydrogens (primary N) is 1. The molecule has 1 fully saturated rings. The Labute approximate surface area is 87.8 Å². The zero-order valence-corrected chi connectivity index (χ0v) is 8.62. The maximum Gasteiger partial charge on any atom is 0.0503 e. The Hall–Kier alpha value is -0.240. The number of benzene rings is 1. The number of halogens is 2. The molecule has 1 radical (unpaired) electrons. The maximum absolute atomic E-state index is 6.09. The highest BCUT2D eigenvalue weighted by Gasteiger charge is 2.28. The molecule has 0 saturated heterocycles. The standard InChI is InChI=1S/C10H10Cl2N/c11-8-3-7(5-13)10(6-1-2-6)9(12)4-8/h4,6H,1-2,5,13H2. The summed E-state index contributed by atoms with van der Waals surface area (Å²) in [4.78, 5) is 0. The molecule has 0 unspecified atom stereocenters. The summed E-state index contributed by atoms with van der Waals surface area (Å²) < 4.78 is 0. The minimum absolute atomic E-state index is 0.464. The van der Waals surface area contributed by atoms with Crippen molar-refractivity contribution in [3.63, 3.8) is 0 Å². The molecule has 0 spiro atoms. The molecule has 2 N–H and O–H groups in total. The SMILES string of the molecule is NCc1[c]c(Cl)cc(Cl)c1C1CC1. The van der Waals surface area contributed by atoms with E-state index in [1.807, 2.05) is 0 Å². The Kier molecular flexibility index (Phi) is 2.50. The average molecular weight is 215 g/mol. The lowest BCUT2D eigenvalue weighted by Gasteiger charge is -2.08. The predicted octanol–water partition coefficient (Wildman–Crippen LogP) is 3.13. The Morgan fingerprint density at radius 1 is 1.46 bits per heavy atom. The fourth-order valence-electron chi connectivity index (χ4n) is 1.56. The first-order valence-corrected chi connectivity index (χ1v) is 5.08. The summed E-state index contributed by atoms with van der Waals surface area (Å²) in [7, 11) is 0. The first-order chi connectivity index (χ1) is 6.22. The van der Waals surface area contributed by atoms with E-state index in [9.17, 15) is 0 Å². The molecule has 3 heteroatoms. The van der Waals surface area contributed by atoms with E-state index >= 15 is 0 Å². The molecule has 2 rings (SSSR count). The second-order valence-corrected chi connectivity index (χ2v) is 4.15. The fourth-order valence-corrected chi connectivity index (χ4v) is 2.21. The molecule has 0 atom stereocenters. The molecule has 1 nitrogen and oxygen atoms in total. The highest BCUT2D eigenvalue weighted by Crippen LogP contribution is 2.45. The summed E-state index contributed by atoms with van der Waals surface area (Å²) in [6.07, 6.45) is 2.42. The first-order valence-electron chi connectivity index (χ1n) is 4.32. The van der Waals surface area contributed by atoms with Crippen LogP contribution >= 0.6 is 23.2 Å². The van der Waals surface area contributed by atoms with Gasteiger partial charge in [0.15, 0.2) is 0 Å². The summed E-state index contributed by atoms with van der Waals surface area (Å²) in [5.74, 6) is 0.597. The van der Waals surface area contributed by atoms with Crippen molar-refractivity contribution in [2.75, 3.05) is 0 Å². The van der Waals surface area contributed by atoms with Crippen molar-refractivity contribution in [2.24, 2.45) is 5.73 Å². The van der Waals surface area contributed by atoms with Crippen LogP contribution in [0.3, 0.4) is 0 Å². The van der Waals surface area contributed by atoms with Gasteiger partial charge in [-0.2, -0.15) is 0 Å². The van der Waals surface area contributed by atoms with E-state index in [4.69, 9.17) is 28.9 Å². The van der Waals surface area contributed by atoms with Gasteiger partial charge >= 0.3 is 0 Å². The average Bonchev–Trinajstić information content (AvgIpc) is 2.86. The van der Waals surface area contributed by atoms with Crippen LogP contribution in [0.2, 0.25) is 10.0 Å². The first kappa shape index (κ1) is 9.32. The van der Waals surface area contributed by atoms with Crippen LogP contribution in [0.25, 0.3) is 0 Å². The van der Waals surface area contributed by atoms with Gasteiger partial charge in [-0.15, -0.1) is 0 Å².